The lowest BCUT2D eigenvalue weighted by Gasteiger charge is -2.21. The van der Waals surface area contributed by atoms with Crippen molar-refractivity contribution in [2.75, 3.05) is 0 Å². The number of fused-ring (bicyclic) bond motifs is 4. The van der Waals surface area contributed by atoms with E-state index < -0.39 is 0 Å². The number of rotatable bonds is 5. The Morgan fingerprint density at radius 2 is 0.898 bits per heavy atom. The van der Waals surface area contributed by atoms with E-state index in [0.29, 0.717) is 5.82 Å². The summed E-state index contributed by atoms with van der Waals surface area (Å²) in [5.74, 6) is 0.717. The third-order valence-electron chi connectivity index (χ3n) is 10.1. The van der Waals surface area contributed by atoms with Gasteiger partial charge in [-0.25, -0.2) is 9.97 Å². The van der Waals surface area contributed by atoms with Gasteiger partial charge >= 0.3 is 0 Å². The lowest BCUT2D eigenvalue weighted by Crippen LogP contribution is -2.14. The predicted molar refractivity (Wildman–Crippen MR) is 204 cm³/mol. The van der Waals surface area contributed by atoms with E-state index in [-0.39, 0.29) is 5.41 Å². The van der Waals surface area contributed by atoms with E-state index in [1.807, 2.05) is 6.07 Å². The van der Waals surface area contributed by atoms with E-state index in [9.17, 15) is 0 Å². The molecule has 0 bridgehead atoms. The zero-order valence-electron chi connectivity index (χ0n) is 27.6. The Kier molecular flexibility index (Phi) is 6.84. The Morgan fingerprint density at radius 1 is 0.367 bits per heavy atom. The van der Waals surface area contributed by atoms with Gasteiger partial charge in [-0.2, -0.15) is 0 Å². The molecule has 9 rings (SSSR count). The molecule has 0 spiro atoms. The smallest absolute Gasteiger partial charge is 0.161 e. The highest BCUT2D eigenvalue weighted by atomic mass is 14.9. The third-order valence-corrected chi connectivity index (χ3v) is 10.1. The van der Waals surface area contributed by atoms with Crippen LogP contribution >= 0.6 is 0 Å². The minimum atomic E-state index is -0.0579. The van der Waals surface area contributed by atoms with Gasteiger partial charge in [0, 0.05) is 22.1 Å². The van der Waals surface area contributed by atoms with Crippen molar-refractivity contribution < 1.29 is 0 Å². The molecule has 2 nitrogen and oxygen atoms in total. The van der Waals surface area contributed by atoms with Crippen molar-refractivity contribution in [3.63, 3.8) is 0 Å². The van der Waals surface area contributed by atoms with Crippen LogP contribution in [0.25, 0.3) is 78.1 Å². The van der Waals surface area contributed by atoms with Gasteiger partial charge in [0.1, 0.15) is 0 Å². The highest BCUT2D eigenvalue weighted by Crippen LogP contribution is 2.52. The molecule has 0 N–H and O–H groups in total. The maximum absolute atomic E-state index is 5.28. The lowest BCUT2D eigenvalue weighted by atomic mass is 9.81. The van der Waals surface area contributed by atoms with Crippen molar-refractivity contribution >= 4 is 10.8 Å². The van der Waals surface area contributed by atoms with Crippen LogP contribution in [0.3, 0.4) is 0 Å². The average Bonchev–Trinajstić information content (AvgIpc) is 3.41. The molecule has 0 atom stereocenters. The van der Waals surface area contributed by atoms with E-state index in [4.69, 9.17) is 9.97 Å². The van der Waals surface area contributed by atoms with Crippen LogP contribution in [0.15, 0.2) is 170 Å². The fraction of sp³-hybridized carbons (Fsp3) is 0.0638. The minimum absolute atomic E-state index is 0.0579. The first-order valence-electron chi connectivity index (χ1n) is 16.9. The molecule has 8 aromatic rings. The number of aromatic nitrogens is 2. The third kappa shape index (κ3) is 4.88. The van der Waals surface area contributed by atoms with Gasteiger partial charge in [-0.1, -0.05) is 166 Å². The van der Waals surface area contributed by atoms with Gasteiger partial charge < -0.3 is 0 Å². The van der Waals surface area contributed by atoms with Gasteiger partial charge in [0.25, 0.3) is 0 Å². The highest BCUT2D eigenvalue weighted by Gasteiger charge is 2.36. The summed E-state index contributed by atoms with van der Waals surface area (Å²) < 4.78 is 0. The molecule has 0 aliphatic heterocycles. The normalized spacial score (nSPS) is 12.9. The summed E-state index contributed by atoms with van der Waals surface area (Å²) in [6, 6.07) is 60.6. The topological polar surface area (TPSA) is 25.8 Å². The minimum Gasteiger partial charge on any atom is -0.228 e. The molecule has 0 fully saturated rings. The molecule has 1 heterocycles. The van der Waals surface area contributed by atoms with Crippen LogP contribution < -0.4 is 0 Å². The Bertz CT molecular complexity index is 2510. The quantitative estimate of drug-likeness (QED) is 0.190. The highest BCUT2D eigenvalue weighted by molar-refractivity contribution is 6.07. The first-order chi connectivity index (χ1) is 24.1. The predicted octanol–water partition coefficient (Wildman–Crippen LogP) is 12.3. The Morgan fingerprint density at radius 3 is 1.67 bits per heavy atom. The van der Waals surface area contributed by atoms with Crippen LogP contribution in [0.4, 0.5) is 0 Å². The molecule has 2 heteroatoms. The van der Waals surface area contributed by atoms with Crippen LogP contribution in [0.5, 0.6) is 0 Å². The standard InChI is InChI=1S/C47H34N2/c1-47(2)41-25-12-11-23-40(41)45-38(24-14-26-42(45)47)37-27-28-39(36-22-10-9-21-35(36)37)46-48-43(32-17-7-4-8-18-32)30-44(49-46)34-20-13-19-33(29-34)31-15-5-3-6-16-31/h3-30H,1-2H3. The molecule has 0 unspecified atom stereocenters. The van der Waals surface area contributed by atoms with Gasteiger partial charge in [-0.3, -0.25) is 0 Å². The van der Waals surface area contributed by atoms with Crippen LogP contribution in [0.1, 0.15) is 25.0 Å². The van der Waals surface area contributed by atoms with Crippen molar-refractivity contribution in [2.45, 2.75) is 19.3 Å². The first-order valence-corrected chi connectivity index (χ1v) is 16.9. The SMILES string of the molecule is CC1(C)c2ccccc2-c2c(-c3ccc(-c4nc(-c5ccccc5)cc(-c5cccc(-c6ccccc6)c5)n4)c4ccccc34)cccc21. The summed E-state index contributed by atoms with van der Waals surface area (Å²) >= 11 is 0. The average molecular weight is 627 g/mol. The molecule has 1 aromatic heterocycles. The maximum Gasteiger partial charge on any atom is 0.161 e. The summed E-state index contributed by atoms with van der Waals surface area (Å²) in [4.78, 5) is 10.5. The van der Waals surface area contributed by atoms with E-state index in [1.165, 1.54) is 44.3 Å². The molecule has 7 aromatic carbocycles. The summed E-state index contributed by atoms with van der Waals surface area (Å²) in [6.07, 6.45) is 0. The van der Waals surface area contributed by atoms with Crippen molar-refractivity contribution in [3.05, 3.63) is 181 Å². The molecule has 1 aliphatic rings. The molecule has 49 heavy (non-hydrogen) atoms. The second kappa shape index (κ2) is 11.5. The second-order valence-electron chi connectivity index (χ2n) is 13.4. The molecule has 0 amide bonds. The number of benzene rings is 7. The molecular formula is C47H34N2. The first kappa shape index (κ1) is 29.1. The van der Waals surface area contributed by atoms with Crippen molar-refractivity contribution in [2.24, 2.45) is 0 Å². The van der Waals surface area contributed by atoms with Gasteiger partial charge in [-0.15, -0.1) is 0 Å². The van der Waals surface area contributed by atoms with Crippen LogP contribution in [0.2, 0.25) is 0 Å². The monoisotopic (exact) mass is 626 g/mol. The van der Waals surface area contributed by atoms with Crippen LogP contribution in [0, 0.1) is 0 Å². The zero-order valence-corrected chi connectivity index (χ0v) is 27.6. The van der Waals surface area contributed by atoms with Gasteiger partial charge in [0.2, 0.25) is 0 Å². The summed E-state index contributed by atoms with van der Waals surface area (Å²) in [7, 11) is 0. The van der Waals surface area contributed by atoms with E-state index in [2.05, 4.69) is 178 Å². The van der Waals surface area contributed by atoms with Gasteiger partial charge in [0.05, 0.1) is 11.4 Å². The molecular weight excluding hydrogens is 593 g/mol. The van der Waals surface area contributed by atoms with Crippen LogP contribution in [-0.4, -0.2) is 9.97 Å². The Hall–Kier alpha value is -6.12. The van der Waals surface area contributed by atoms with Crippen LogP contribution in [-0.2, 0) is 5.41 Å². The summed E-state index contributed by atoms with van der Waals surface area (Å²) in [5.41, 5.74) is 15.1. The number of hydrogen-bond donors (Lipinski definition) is 0. The van der Waals surface area contributed by atoms with Crippen molar-refractivity contribution in [1.82, 2.24) is 9.97 Å². The van der Waals surface area contributed by atoms with Crippen molar-refractivity contribution in [3.8, 4) is 67.3 Å². The van der Waals surface area contributed by atoms with E-state index >= 15 is 0 Å². The largest absolute Gasteiger partial charge is 0.228 e. The van der Waals surface area contributed by atoms with Gasteiger partial charge in [-0.05, 0) is 73.5 Å². The van der Waals surface area contributed by atoms with Gasteiger partial charge in [0.15, 0.2) is 5.82 Å². The van der Waals surface area contributed by atoms with Crippen molar-refractivity contribution in [1.29, 1.82) is 0 Å². The molecule has 232 valence electrons. The molecule has 1 aliphatic carbocycles. The second-order valence-corrected chi connectivity index (χ2v) is 13.4. The fourth-order valence-electron chi connectivity index (χ4n) is 7.67. The summed E-state index contributed by atoms with van der Waals surface area (Å²) in [5, 5.41) is 2.33. The zero-order chi connectivity index (χ0) is 33.0. The van der Waals surface area contributed by atoms with E-state index in [1.54, 1.807) is 0 Å². The number of hydrogen-bond acceptors (Lipinski definition) is 2. The fourth-order valence-corrected chi connectivity index (χ4v) is 7.67. The molecule has 0 saturated heterocycles. The Balaban J connectivity index is 1.24. The van der Waals surface area contributed by atoms with E-state index in [0.717, 1.165) is 39.0 Å². The molecule has 0 radical (unpaired) electrons. The molecule has 0 saturated carbocycles. The number of nitrogens with zero attached hydrogens (tertiary/aromatic N) is 2. The lowest BCUT2D eigenvalue weighted by molar-refractivity contribution is 0.660. The Labute approximate surface area is 287 Å². The summed E-state index contributed by atoms with van der Waals surface area (Å²) in [6.45, 7) is 4.68. The maximum atomic E-state index is 5.28.